The van der Waals surface area contributed by atoms with Gasteiger partial charge in [0.2, 0.25) is 0 Å². The summed E-state index contributed by atoms with van der Waals surface area (Å²) in [5.74, 6) is -0.850. The Morgan fingerprint density at radius 2 is 1.79 bits per heavy atom. The zero-order valence-electron chi connectivity index (χ0n) is 17.3. The van der Waals surface area contributed by atoms with Crippen LogP contribution in [0.5, 0.6) is 0 Å². The number of anilines is 1. The third-order valence-corrected chi connectivity index (χ3v) is 5.78. The second-order valence-electron chi connectivity index (χ2n) is 7.36. The van der Waals surface area contributed by atoms with E-state index in [-0.39, 0.29) is 23.6 Å². The van der Waals surface area contributed by atoms with Crippen molar-refractivity contribution in [3.8, 4) is 0 Å². The average molecular weight is 383 g/mol. The fourth-order valence-corrected chi connectivity index (χ4v) is 4.44. The predicted molar refractivity (Wildman–Crippen MR) is 112 cm³/mol. The molecule has 0 radical (unpaired) electrons. The highest BCUT2D eigenvalue weighted by Crippen LogP contribution is 2.43. The van der Waals surface area contributed by atoms with Crippen molar-refractivity contribution in [2.75, 3.05) is 24.6 Å². The van der Waals surface area contributed by atoms with Crippen LogP contribution in [0.15, 0.2) is 40.5 Å². The largest absolute Gasteiger partial charge is 0.463 e. The number of allylic oxidation sites excluding steroid dienone is 1. The van der Waals surface area contributed by atoms with Gasteiger partial charge in [-0.05, 0) is 58.2 Å². The van der Waals surface area contributed by atoms with Gasteiger partial charge in [0.1, 0.15) is 5.78 Å². The molecule has 1 aromatic rings. The van der Waals surface area contributed by atoms with E-state index in [1.807, 2.05) is 6.92 Å². The molecule has 3 rings (SSSR count). The molecule has 5 nitrogen and oxygen atoms in total. The Bertz CT molecular complexity index is 804. The second-order valence-corrected chi connectivity index (χ2v) is 7.36. The van der Waals surface area contributed by atoms with Crippen molar-refractivity contribution in [1.29, 1.82) is 0 Å². The second kappa shape index (κ2) is 8.72. The Balaban J connectivity index is 2.06. The van der Waals surface area contributed by atoms with Crippen LogP contribution < -0.4 is 4.90 Å². The van der Waals surface area contributed by atoms with Gasteiger partial charge < -0.3 is 9.64 Å². The number of ketones is 1. The summed E-state index contributed by atoms with van der Waals surface area (Å²) in [6.45, 7) is 10.1. The lowest BCUT2D eigenvalue weighted by molar-refractivity contribution is -0.139. The minimum Gasteiger partial charge on any atom is -0.463 e. The highest BCUT2D eigenvalue weighted by atomic mass is 16.5. The number of esters is 1. The van der Waals surface area contributed by atoms with E-state index in [0.717, 1.165) is 42.9 Å². The van der Waals surface area contributed by atoms with Gasteiger partial charge in [-0.25, -0.2) is 4.79 Å². The lowest BCUT2D eigenvalue weighted by Crippen LogP contribution is -2.39. The molecule has 0 amide bonds. The van der Waals surface area contributed by atoms with Gasteiger partial charge in [-0.1, -0.05) is 12.1 Å². The van der Waals surface area contributed by atoms with Crippen LogP contribution in [0.2, 0.25) is 0 Å². The molecule has 1 fully saturated rings. The maximum atomic E-state index is 12.8. The zero-order valence-corrected chi connectivity index (χ0v) is 17.3. The number of Topliss-reactive ketones (excluding diaryl/α,β-unsaturated/α-hetero) is 1. The monoisotopic (exact) mass is 382 g/mol. The molecule has 2 aliphatic rings. The smallest absolute Gasteiger partial charge is 0.336 e. The minimum absolute atomic E-state index is 0.178. The molecule has 28 heavy (non-hydrogen) atoms. The highest BCUT2D eigenvalue weighted by Gasteiger charge is 2.43. The first-order valence-electron chi connectivity index (χ1n) is 10.3. The van der Waals surface area contributed by atoms with Crippen molar-refractivity contribution >= 4 is 23.2 Å². The molecule has 1 saturated carbocycles. The normalized spacial score (nSPS) is 21.9. The van der Waals surface area contributed by atoms with Gasteiger partial charge in [0.05, 0.1) is 18.1 Å². The van der Waals surface area contributed by atoms with E-state index in [9.17, 15) is 9.59 Å². The molecule has 5 heteroatoms. The number of hydrogen-bond donors (Lipinski definition) is 0. The molecular formula is C23H30N2O3. The van der Waals surface area contributed by atoms with Crippen molar-refractivity contribution in [1.82, 2.24) is 0 Å². The number of carbonyl (C=O) groups is 2. The minimum atomic E-state index is -0.362. The average Bonchev–Trinajstić information content (AvgIpc) is 2.69. The molecule has 0 aromatic heterocycles. The van der Waals surface area contributed by atoms with E-state index in [4.69, 9.17) is 4.74 Å². The van der Waals surface area contributed by atoms with Gasteiger partial charge in [-0.3, -0.25) is 9.79 Å². The van der Waals surface area contributed by atoms with Crippen molar-refractivity contribution in [2.45, 2.75) is 52.9 Å². The van der Waals surface area contributed by atoms with E-state index >= 15 is 0 Å². The summed E-state index contributed by atoms with van der Waals surface area (Å²) in [5.41, 5.74) is 4.25. The van der Waals surface area contributed by atoms with Gasteiger partial charge in [-0.15, -0.1) is 0 Å². The maximum Gasteiger partial charge on any atom is 0.336 e. The first-order chi connectivity index (χ1) is 13.5. The number of carbonyl (C=O) groups excluding carboxylic acids is 2. The summed E-state index contributed by atoms with van der Waals surface area (Å²) < 4.78 is 5.33. The molecular weight excluding hydrogens is 352 g/mol. The Morgan fingerprint density at radius 3 is 2.39 bits per heavy atom. The molecule has 2 atom stereocenters. The number of rotatable bonds is 6. The summed E-state index contributed by atoms with van der Waals surface area (Å²) in [7, 11) is 0. The summed E-state index contributed by atoms with van der Waals surface area (Å²) >= 11 is 0. The van der Waals surface area contributed by atoms with Gasteiger partial charge in [0.25, 0.3) is 0 Å². The third kappa shape index (κ3) is 3.75. The van der Waals surface area contributed by atoms with E-state index in [2.05, 4.69) is 48.0 Å². The summed E-state index contributed by atoms with van der Waals surface area (Å²) in [6, 6.07) is 8.27. The van der Waals surface area contributed by atoms with Crippen LogP contribution in [0.1, 0.15) is 58.4 Å². The molecule has 0 spiro atoms. The van der Waals surface area contributed by atoms with Crippen LogP contribution in [-0.2, 0) is 14.3 Å². The van der Waals surface area contributed by atoms with Crippen molar-refractivity contribution < 1.29 is 14.3 Å². The summed E-state index contributed by atoms with van der Waals surface area (Å²) in [4.78, 5) is 32.5. The lowest BCUT2D eigenvalue weighted by Gasteiger charge is -2.35. The van der Waals surface area contributed by atoms with Crippen molar-refractivity contribution in [3.63, 3.8) is 0 Å². The van der Waals surface area contributed by atoms with E-state index < -0.39 is 0 Å². The fourth-order valence-electron chi connectivity index (χ4n) is 4.44. The number of ether oxygens (including phenoxy) is 1. The van der Waals surface area contributed by atoms with Gasteiger partial charge in [0.15, 0.2) is 0 Å². The first-order valence-corrected chi connectivity index (χ1v) is 10.3. The third-order valence-electron chi connectivity index (χ3n) is 5.78. The Labute approximate surface area is 167 Å². The van der Waals surface area contributed by atoms with Crippen LogP contribution >= 0.6 is 0 Å². The molecule has 150 valence electrons. The highest BCUT2D eigenvalue weighted by molar-refractivity contribution is 6.11. The van der Waals surface area contributed by atoms with Crippen LogP contribution in [0.25, 0.3) is 0 Å². The summed E-state index contributed by atoms with van der Waals surface area (Å²) in [6.07, 6.45) is 2.20. The standard InChI is InChI=1S/C23H30N2O3/c1-5-25(6-2)17-13-11-16(12-14-17)21-20(23(27)28-7-3)15(4)24-18-9-8-10-19(26)22(18)21/h11-14,21-22H,5-10H2,1-4H3/t21-,22?/m1/s1. The van der Waals surface area contributed by atoms with Gasteiger partial charge in [0, 0.05) is 42.5 Å². The van der Waals surface area contributed by atoms with E-state index in [1.54, 1.807) is 6.92 Å². The number of aliphatic imine (C=N–C) groups is 1. The molecule has 0 N–H and O–H groups in total. The zero-order chi connectivity index (χ0) is 20.3. The maximum absolute atomic E-state index is 12.8. The molecule has 1 unspecified atom stereocenters. The summed E-state index contributed by atoms with van der Waals surface area (Å²) in [5, 5.41) is 0. The van der Waals surface area contributed by atoms with Crippen molar-refractivity contribution in [2.24, 2.45) is 10.9 Å². The topological polar surface area (TPSA) is 59.0 Å². The van der Waals surface area contributed by atoms with Crippen molar-refractivity contribution in [3.05, 3.63) is 41.1 Å². The molecule has 1 aromatic carbocycles. The number of hydrogen-bond acceptors (Lipinski definition) is 5. The number of nitrogens with zero attached hydrogens (tertiary/aromatic N) is 2. The molecule has 1 aliphatic carbocycles. The Kier molecular flexibility index (Phi) is 6.32. The lowest BCUT2D eigenvalue weighted by atomic mass is 9.69. The van der Waals surface area contributed by atoms with E-state index in [1.165, 1.54) is 0 Å². The SMILES string of the molecule is CCOC(=O)C1=C(C)N=C2CCCC(=O)C2[C@@H]1c1ccc(N(CC)CC)cc1. The van der Waals surface area contributed by atoms with Gasteiger partial charge in [-0.2, -0.15) is 0 Å². The number of fused-ring (bicyclic) bond motifs is 1. The quantitative estimate of drug-likeness (QED) is 0.689. The fraction of sp³-hybridized carbons (Fsp3) is 0.522. The van der Waals surface area contributed by atoms with Crippen LogP contribution in [0, 0.1) is 5.92 Å². The number of benzene rings is 1. The van der Waals surface area contributed by atoms with Crippen LogP contribution in [0.4, 0.5) is 5.69 Å². The Morgan fingerprint density at radius 1 is 1.11 bits per heavy atom. The van der Waals surface area contributed by atoms with Gasteiger partial charge >= 0.3 is 5.97 Å². The van der Waals surface area contributed by atoms with Crippen LogP contribution in [-0.4, -0.2) is 37.2 Å². The van der Waals surface area contributed by atoms with Crippen LogP contribution in [0.3, 0.4) is 0 Å². The molecule has 1 aliphatic heterocycles. The Hall–Kier alpha value is -2.43. The molecule has 1 heterocycles. The molecule has 0 bridgehead atoms. The first kappa shape index (κ1) is 20.3. The predicted octanol–water partition coefficient (Wildman–Crippen LogP) is 4.28. The molecule has 0 saturated heterocycles. The van der Waals surface area contributed by atoms with E-state index in [0.29, 0.717) is 24.3 Å².